The molecule has 11 N–H and O–H groups in total. The Morgan fingerprint density at radius 2 is 1.61 bits per heavy atom. The Morgan fingerprint density at radius 1 is 0.921 bits per heavy atom. The summed E-state index contributed by atoms with van der Waals surface area (Å²) in [6, 6.07) is -4.22. The van der Waals surface area contributed by atoms with Gasteiger partial charge >= 0.3 is 11.9 Å². The van der Waals surface area contributed by atoms with Crippen molar-refractivity contribution < 1.29 is 43.8 Å². The van der Waals surface area contributed by atoms with Crippen molar-refractivity contribution in [2.75, 3.05) is 31.1 Å². The highest BCUT2D eigenvalue weighted by Crippen LogP contribution is 2.05. The van der Waals surface area contributed by atoms with E-state index in [2.05, 4.69) is 31.6 Å². The Kier molecular flexibility index (Phi) is 14.0. The highest BCUT2D eigenvalue weighted by atomic mass is 32.2. The Bertz CT molecular complexity index is 941. The van der Waals surface area contributed by atoms with Crippen molar-refractivity contribution in [3.05, 3.63) is 0 Å². The molecule has 0 bridgehead atoms. The van der Waals surface area contributed by atoms with E-state index in [1.54, 1.807) is 0 Å². The predicted molar refractivity (Wildman–Crippen MR) is 134 cm³/mol. The van der Waals surface area contributed by atoms with E-state index in [1.807, 2.05) is 0 Å². The zero-order chi connectivity index (χ0) is 28.7. The third kappa shape index (κ3) is 13.3. The average Bonchev–Trinajstić information content (AvgIpc) is 2.82. The highest BCUT2D eigenvalue weighted by Gasteiger charge is 2.29. The second-order valence-corrected chi connectivity index (χ2v) is 9.05. The normalized spacial score (nSPS) is 22.6. The van der Waals surface area contributed by atoms with Crippen LogP contribution >= 0.6 is 11.8 Å². The monoisotopic (exact) mass is 560 g/mol. The summed E-state index contributed by atoms with van der Waals surface area (Å²) in [7, 11) is 0. The standard InChI is InChI=1S/C20H32N8O9S/c21-20(22)24-4-1-2-10-17(34)25-7-14(30)27-11(6-16(32)33)18(35)28-12(19(36)37)8-38-9-15(31)23-5-3-13(29)26-10/h10-12H,1-9H2,(H,23,31)(H,25,34)(H,26,29)(H,27,30)(H,28,35)(H,32,33)(H,36,37)(H4,21,22,24)/t10?,11-,12-/m0/s1. The van der Waals surface area contributed by atoms with E-state index < -0.39 is 72.6 Å². The number of carbonyl (C=O) groups is 7. The smallest absolute Gasteiger partial charge is 0.327 e. The molecule has 1 fully saturated rings. The van der Waals surface area contributed by atoms with E-state index in [-0.39, 0.29) is 43.4 Å². The number of carboxylic acids is 2. The van der Waals surface area contributed by atoms with Crippen LogP contribution in [0.5, 0.6) is 0 Å². The molecule has 17 nitrogen and oxygen atoms in total. The minimum Gasteiger partial charge on any atom is -0.481 e. The number of nitrogens with one attached hydrogen (secondary N) is 5. The second-order valence-electron chi connectivity index (χ2n) is 8.02. The molecule has 0 radical (unpaired) electrons. The van der Waals surface area contributed by atoms with Crippen LogP contribution in [0.3, 0.4) is 0 Å². The maximum atomic E-state index is 12.7. The summed E-state index contributed by atoms with van der Waals surface area (Å²) in [5.74, 6) is -7.29. The first-order chi connectivity index (χ1) is 17.9. The first kappa shape index (κ1) is 31.9. The van der Waals surface area contributed by atoms with Crippen LogP contribution < -0.4 is 38.1 Å². The van der Waals surface area contributed by atoms with Gasteiger partial charge in [-0.05, 0) is 12.8 Å². The van der Waals surface area contributed by atoms with Crippen LogP contribution in [0.25, 0.3) is 0 Å². The van der Waals surface area contributed by atoms with Crippen molar-refractivity contribution in [3.8, 4) is 0 Å². The SMILES string of the molecule is NC(N)=NCCCC1NC(=O)CCNC(=O)CSC[C@@H](C(=O)O)NC(=O)[C@H](CC(=O)O)NC(=O)CNC1=O. The highest BCUT2D eigenvalue weighted by molar-refractivity contribution is 8.00. The molecule has 1 aliphatic rings. The third-order valence-corrected chi connectivity index (χ3v) is 5.89. The molecule has 18 heteroatoms. The van der Waals surface area contributed by atoms with E-state index in [0.717, 1.165) is 11.8 Å². The van der Waals surface area contributed by atoms with Crippen LogP contribution in [0.1, 0.15) is 25.7 Å². The number of rotatable bonds is 7. The summed E-state index contributed by atoms with van der Waals surface area (Å²) in [6.45, 7) is -0.567. The lowest BCUT2D eigenvalue weighted by atomic mass is 10.1. The summed E-state index contributed by atoms with van der Waals surface area (Å²) in [6.07, 6.45) is -0.641. The van der Waals surface area contributed by atoms with Gasteiger partial charge in [0.05, 0.1) is 18.7 Å². The first-order valence-electron chi connectivity index (χ1n) is 11.4. The van der Waals surface area contributed by atoms with Crippen LogP contribution in [0.4, 0.5) is 0 Å². The first-order valence-corrected chi connectivity index (χ1v) is 12.6. The molecule has 1 unspecified atom stereocenters. The van der Waals surface area contributed by atoms with Gasteiger partial charge in [-0.1, -0.05) is 0 Å². The molecule has 1 rings (SSSR count). The molecular formula is C20H32N8O9S. The van der Waals surface area contributed by atoms with Gasteiger partial charge in [0.25, 0.3) is 0 Å². The Balaban J connectivity index is 3.05. The zero-order valence-corrected chi connectivity index (χ0v) is 21.2. The molecule has 1 saturated heterocycles. The van der Waals surface area contributed by atoms with E-state index in [1.165, 1.54) is 0 Å². The predicted octanol–water partition coefficient (Wildman–Crippen LogP) is -4.58. The Labute approximate surface area is 221 Å². The van der Waals surface area contributed by atoms with Crippen molar-refractivity contribution in [2.45, 2.75) is 43.8 Å². The molecule has 5 amide bonds. The number of hydrogen-bond acceptors (Lipinski definition) is 9. The number of hydrogen-bond donors (Lipinski definition) is 9. The van der Waals surface area contributed by atoms with E-state index in [9.17, 15) is 38.7 Å². The number of thioether (sulfide) groups is 1. The van der Waals surface area contributed by atoms with Gasteiger partial charge in [-0.25, -0.2) is 4.79 Å². The molecule has 0 saturated carbocycles. The maximum Gasteiger partial charge on any atom is 0.327 e. The minimum atomic E-state index is -1.65. The van der Waals surface area contributed by atoms with Crippen molar-refractivity contribution in [2.24, 2.45) is 16.5 Å². The molecule has 1 heterocycles. The summed E-state index contributed by atoms with van der Waals surface area (Å²) in [5, 5.41) is 30.0. The maximum absolute atomic E-state index is 12.7. The molecule has 38 heavy (non-hydrogen) atoms. The van der Waals surface area contributed by atoms with Crippen LogP contribution in [-0.2, 0) is 33.6 Å². The number of nitrogens with two attached hydrogens (primary N) is 2. The van der Waals surface area contributed by atoms with Gasteiger partial charge in [-0.15, -0.1) is 11.8 Å². The van der Waals surface area contributed by atoms with Gasteiger partial charge in [0, 0.05) is 25.3 Å². The summed E-state index contributed by atoms with van der Waals surface area (Å²) in [4.78, 5) is 88.4. The number of carbonyl (C=O) groups excluding carboxylic acids is 5. The summed E-state index contributed by atoms with van der Waals surface area (Å²) in [5.41, 5.74) is 10.5. The van der Waals surface area contributed by atoms with Crippen molar-refractivity contribution >= 4 is 59.2 Å². The lowest BCUT2D eigenvalue weighted by Crippen LogP contribution is -2.55. The number of guanidine groups is 1. The molecule has 0 aromatic carbocycles. The Hall–Kier alpha value is -4.09. The second kappa shape index (κ2) is 16.6. The average molecular weight is 561 g/mol. The van der Waals surface area contributed by atoms with Gasteiger partial charge < -0.3 is 48.3 Å². The molecule has 3 atom stereocenters. The number of carboxylic acid groups (broad SMARTS) is 2. The lowest BCUT2D eigenvalue weighted by molar-refractivity contribution is -0.143. The van der Waals surface area contributed by atoms with Gasteiger partial charge in [0.15, 0.2) is 5.96 Å². The molecule has 1 aliphatic heterocycles. The zero-order valence-electron chi connectivity index (χ0n) is 20.4. The summed E-state index contributed by atoms with van der Waals surface area (Å²) >= 11 is 0.882. The molecular weight excluding hydrogens is 528 g/mol. The number of amides is 5. The molecule has 0 spiro atoms. The van der Waals surface area contributed by atoms with Crippen molar-refractivity contribution in [3.63, 3.8) is 0 Å². The van der Waals surface area contributed by atoms with Gasteiger partial charge in [0.1, 0.15) is 18.1 Å². The van der Waals surface area contributed by atoms with Crippen LogP contribution in [-0.4, -0.2) is 107 Å². The van der Waals surface area contributed by atoms with Gasteiger partial charge in [0.2, 0.25) is 29.5 Å². The molecule has 0 aliphatic carbocycles. The van der Waals surface area contributed by atoms with Gasteiger partial charge in [-0.2, -0.15) is 0 Å². The molecule has 0 aromatic rings. The van der Waals surface area contributed by atoms with Crippen LogP contribution in [0.2, 0.25) is 0 Å². The fourth-order valence-electron chi connectivity index (χ4n) is 3.04. The lowest BCUT2D eigenvalue weighted by Gasteiger charge is -2.21. The van der Waals surface area contributed by atoms with Crippen LogP contribution in [0.15, 0.2) is 4.99 Å². The van der Waals surface area contributed by atoms with E-state index in [0.29, 0.717) is 6.42 Å². The Morgan fingerprint density at radius 3 is 2.24 bits per heavy atom. The summed E-state index contributed by atoms with van der Waals surface area (Å²) < 4.78 is 0. The van der Waals surface area contributed by atoms with E-state index >= 15 is 0 Å². The van der Waals surface area contributed by atoms with Crippen molar-refractivity contribution in [1.29, 1.82) is 0 Å². The van der Waals surface area contributed by atoms with E-state index in [4.69, 9.17) is 16.6 Å². The topological polar surface area (TPSA) is 284 Å². The quantitative estimate of drug-likeness (QED) is 0.0808. The third-order valence-electron chi connectivity index (χ3n) is 4.86. The largest absolute Gasteiger partial charge is 0.481 e. The number of aliphatic carboxylic acids is 2. The van der Waals surface area contributed by atoms with Crippen LogP contribution in [0, 0.1) is 0 Å². The minimum absolute atomic E-state index is 0.0636. The van der Waals surface area contributed by atoms with Gasteiger partial charge in [-0.3, -0.25) is 33.8 Å². The fourth-order valence-corrected chi connectivity index (χ4v) is 3.91. The number of aliphatic imine (C=N–C) groups is 1. The number of nitrogens with zero attached hydrogens (tertiary/aromatic N) is 1. The fraction of sp³-hybridized carbons (Fsp3) is 0.600. The molecule has 0 aromatic heterocycles. The molecule has 212 valence electrons. The van der Waals surface area contributed by atoms with Crippen molar-refractivity contribution in [1.82, 2.24) is 26.6 Å².